The molecule has 0 amide bonds. The van der Waals surface area contributed by atoms with Gasteiger partial charge >= 0.3 is 5.97 Å². The third-order valence-corrected chi connectivity index (χ3v) is 7.15. The Balaban J connectivity index is 0.000000201. The zero-order valence-corrected chi connectivity index (χ0v) is 23.9. The van der Waals surface area contributed by atoms with Crippen LogP contribution < -0.4 is 5.32 Å². The van der Waals surface area contributed by atoms with Crippen LogP contribution in [0.5, 0.6) is 0 Å². The summed E-state index contributed by atoms with van der Waals surface area (Å²) in [5.74, 6) is -4.95. The van der Waals surface area contributed by atoms with Gasteiger partial charge in [0.2, 0.25) is 0 Å². The van der Waals surface area contributed by atoms with E-state index in [0.29, 0.717) is 18.7 Å². The monoisotopic (exact) mass is 598 g/mol. The summed E-state index contributed by atoms with van der Waals surface area (Å²) in [6, 6.07) is 11.6. The number of halogens is 5. The van der Waals surface area contributed by atoms with Gasteiger partial charge in [0.05, 0.1) is 19.3 Å². The SMILES string of the molecule is CCC(=O)O.C[C@@H]1Cc2c([nH]c3ccccc23)CN1CC(F)(F)CO.FCCCN1CC(Nc2cc(F)cc(F)c2)C1. The van der Waals surface area contributed by atoms with Crippen molar-refractivity contribution in [1.29, 1.82) is 0 Å². The largest absolute Gasteiger partial charge is 0.481 e. The van der Waals surface area contributed by atoms with Crippen molar-refractivity contribution < 1.29 is 37.0 Å². The van der Waals surface area contributed by atoms with Crippen molar-refractivity contribution in [1.82, 2.24) is 14.8 Å². The highest BCUT2D eigenvalue weighted by Crippen LogP contribution is 2.31. The Labute approximate surface area is 242 Å². The molecule has 2 aliphatic heterocycles. The van der Waals surface area contributed by atoms with Crippen LogP contribution in [0.4, 0.5) is 27.6 Å². The molecule has 1 fully saturated rings. The normalized spacial score (nSPS) is 17.4. The molecule has 0 bridgehead atoms. The molecule has 0 saturated carbocycles. The Kier molecular flexibility index (Phi) is 12.1. The highest BCUT2D eigenvalue weighted by atomic mass is 19.3. The Bertz CT molecular complexity index is 1280. The summed E-state index contributed by atoms with van der Waals surface area (Å²) >= 11 is 0. The lowest BCUT2D eigenvalue weighted by atomic mass is 9.97. The van der Waals surface area contributed by atoms with Gasteiger partial charge in [0.1, 0.15) is 18.2 Å². The van der Waals surface area contributed by atoms with E-state index in [4.69, 9.17) is 10.2 Å². The van der Waals surface area contributed by atoms with E-state index in [1.807, 2.05) is 25.1 Å². The molecule has 42 heavy (non-hydrogen) atoms. The maximum atomic E-state index is 13.4. The molecule has 1 atom stereocenters. The van der Waals surface area contributed by atoms with Crippen molar-refractivity contribution in [2.75, 3.05) is 44.8 Å². The number of aliphatic hydroxyl groups excluding tert-OH is 1. The standard InChI is InChI=1S/C15H18F2N2O.C12H15F3N2.C3H6O2/c1-10-6-12-11-4-2-3-5-13(11)18-14(12)7-19(10)8-15(16,17)9-20;13-2-1-3-17-7-12(8-17)16-11-5-9(14)4-10(15)6-11;1-2-3(4)5/h2-5,10,18,20H,6-9H2,1H3;4-6,12,16H,1-3,7-8H2;2H2,1H3,(H,4,5)/t10-;;/m1../s1. The van der Waals surface area contributed by atoms with Crippen molar-refractivity contribution in [3.8, 4) is 0 Å². The zero-order chi connectivity index (χ0) is 30.9. The summed E-state index contributed by atoms with van der Waals surface area (Å²) in [7, 11) is 0. The maximum absolute atomic E-state index is 13.4. The number of nitrogens with zero attached hydrogens (tertiary/aromatic N) is 2. The molecule has 4 N–H and O–H groups in total. The van der Waals surface area contributed by atoms with E-state index >= 15 is 0 Å². The fourth-order valence-electron chi connectivity index (χ4n) is 4.97. The number of benzene rings is 2. The number of fused-ring (bicyclic) bond motifs is 3. The number of aromatic nitrogens is 1. The van der Waals surface area contributed by atoms with E-state index in [9.17, 15) is 26.7 Å². The van der Waals surface area contributed by atoms with Crippen LogP contribution in [-0.4, -0.2) is 88.4 Å². The Morgan fingerprint density at radius 2 is 1.79 bits per heavy atom. The van der Waals surface area contributed by atoms with Gasteiger partial charge in [-0.25, -0.2) is 17.6 Å². The zero-order valence-electron chi connectivity index (χ0n) is 23.9. The number of aromatic amines is 1. The smallest absolute Gasteiger partial charge is 0.303 e. The van der Waals surface area contributed by atoms with E-state index in [1.165, 1.54) is 23.1 Å². The highest BCUT2D eigenvalue weighted by Gasteiger charge is 2.35. The first-order valence-corrected chi connectivity index (χ1v) is 14.0. The minimum absolute atomic E-state index is 0.0409. The number of hydrogen-bond acceptors (Lipinski definition) is 5. The van der Waals surface area contributed by atoms with Crippen LogP contribution in [0.2, 0.25) is 0 Å². The molecule has 7 nitrogen and oxygen atoms in total. The van der Waals surface area contributed by atoms with Gasteiger partial charge in [0.25, 0.3) is 5.92 Å². The Morgan fingerprint density at radius 1 is 1.14 bits per heavy atom. The number of anilines is 1. The molecule has 0 spiro atoms. The molecule has 0 aliphatic carbocycles. The molecule has 2 aliphatic rings. The molecule has 2 aromatic carbocycles. The average molecular weight is 599 g/mol. The molecule has 1 aromatic heterocycles. The second-order valence-electron chi connectivity index (χ2n) is 10.6. The topological polar surface area (TPSA) is 91.8 Å². The van der Waals surface area contributed by atoms with Gasteiger partial charge in [0, 0.05) is 67.0 Å². The van der Waals surface area contributed by atoms with E-state index in [0.717, 1.165) is 43.3 Å². The lowest BCUT2D eigenvalue weighted by Gasteiger charge is -2.40. The van der Waals surface area contributed by atoms with Crippen LogP contribution in [0.3, 0.4) is 0 Å². The lowest BCUT2D eigenvalue weighted by molar-refractivity contribution is -0.136. The first-order chi connectivity index (χ1) is 19.9. The first-order valence-electron chi connectivity index (χ1n) is 14.0. The van der Waals surface area contributed by atoms with E-state index in [1.54, 1.807) is 11.8 Å². The van der Waals surface area contributed by atoms with Crippen LogP contribution in [0.1, 0.15) is 37.9 Å². The van der Waals surface area contributed by atoms with E-state index in [-0.39, 0.29) is 25.2 Å². The second kappa shape index (κ2) is 15.3. The van der Waals surface area contributed by atoms with Crippen LogP contribution >= 0.6 is 0 Å². The Hall–Kier alpha value is -3.22. The Morgan fingerprint density at radius 3 is 2.38 bits per heavy atom. The number of likely N-dealkylation sites (tertiary alicyclic amines) is 1. The third-order valence-electron chi connectivity index (χ3n) is 7.15. The van der Waals surface area contributed by atoms with Crippen LogP contribution in [0.25, 0.3) is 10.9 Å². The average Bonchev–Trinajstić information content (AvgIpc) is 3.27. The van der Waals surface area contributed by atoms with Gasteiger partial charge < -0.3 is 20.5 Å². The van der Waals surface area contributed by atoms with Crippen molar-refractivity contribution in [3.63, 3.8) is 0 Å². The van der Waals surface area contributed by atoms with Gasteiger partial charge in [0.15, 0.2) is 0 Å². The molecular weight excluding hydrogens is 559 g/mol. The number of hydrogen-bond donors (Lipinski definition) is 4. The highest BCUT2D eigenvalue weighted by molar-refractivity contribution is 5.84. The second-order valence-corrected chi connectivity index (χ2v) is 10.6. The minimum atomic E-state index is -3.04. The fraction of sp³-hybridized carbons (Fsp3) is 0.500. The summed E-state index contributed by atoms with van der Waals surface area (Å²) in [6.45, 7) is 4.54. The van der Waals surface area contributed by atoms with Crippen molar-refractivity contribution in [2.24, 2.45) is 0 Å². The minimum Gasteiger partial charge on any atom is -0.481 e. The van der Waals surface area contributed by atoms with Crippen LogP contribution in [-0.2, 0) is 17.8 Å². The number of nitrogens with one attached hydrogen (secondary N) is 2. The number of H-pyrrole nitrogens is 1. The summed E-state index contributed by atoms with van der Waals surface area (Å²) < 4.78 is 64.5. The van der Waals surface area contributed by atoms with Gasteiger partial charge in [-0.1, -0.05) is 25.1 Å². The van der Waals surface area contributed by atoms with Crippen molar-refractivity contribution in [2.45, 2.75) is 57.7 Å². The van der Waals surface area contributed by atoms with Gasteiger partial charge in [-0.2, -0.15) is 0 Å². The summed E-state index contributed by atoms with van der Waals surface area (Å²) in [4.78, 5) is 16.5. The van der Waals surface area contributed by atoms with Gasteiger partial charge in [-0.3, -0.25) is 19.0 Å². The molecular formula is C30H39F5N4O3. The summed E-state index contributed by atoms with van der Waals surface area (Å²) in [5, 5.41) is 20.7. The number of para-hydroxylation sites is 1. The fourth-order valence-corrected chi connectivity index (χ4v) is 4.97. The first kappa shape index (κ1) is 33.3. The predicted molar refractivity (Wildman–Crippen MR) is 153 cm³/mol. The molecule has 3 heterocycles. The van der Waals surface area contributed by atoms with Crippen LogP contribution in [0.15, 0.2) is 42.5 Å². The number of alkyl halides is 3. The molecule has 232 valence electrons. The molecule has 12 heteroatoms. The molecule has 1 saturated heterocycles. The van der Waals surface area contributed by atoms with Gasteiger partial charge in [-0.15, -0.1) is 0 Å². The van der Waals surface area contributed by atoms with Crippen molar-refractivity contribution in [3.05, 3.63) is 65.4 Å². The molecule has 5 rings (SSSR count). The third kappa shape index (κ3) is 9.67. The number of rotatable bonds is 9. The van der Waals surface area contributed by atoms with E-state index < -0.39 is 36.7 Å². The van der Waals surface area contributed by atoms with Crippen molar-refractivity contribution >= 4 is 22.6 Å². The molecule has 3 aromatic rings. The van der Waals surface area contributed by atoms with Gasteiger partial charge in [-0.05, 0) is 43.5 Å². The number of carboxylic acid groups (broad SMARTS) is 1. The summed E-state index contributed by atoms with van der Waals surface area (Å²) in [5.41, 5.74) is 3.76. The maximum Gasteiger partial charge on any atom is 0.303 e. The molecule has 0 unspecified atom stereocenters. The molecule has 0 radical (unpaired) electrons. The number of carboxylic acids is 1. The number of aliphatic hydroxyl groups is 1. The summed E-state index contributed by atoms with van der Waals surface area (Å²) in [6.07, 6.45) is 1.52. The lowest BCUT2D eigenvalue weighted by Crippen LogP contribution is -2.54. The number of carbonyl (C=O) groups is 1. The quantitative estimate of drug-likeness (QED) is 0.245. The van der Waals surface area contributed by atoms with E-state index in [2.05, 4.69) is 21.3 Å². The number of aliphatic carboxylic acids is 1. The predicted octanol–water partition coefficient (Wildman–Crippen LogP) is 5.44. The van der Waals surface area contributed by atoms with Crippen LogP contribution in [0, 0.1) is 11.6 Å².